The highest BCUT2D eigenvalue weighted by Gasteiger charge is 2.09. The lowest BCUT2D eigenvalue weighted by Crippen LogP contribution is -2.19. The summed E-state index contributed by atoms with van der Waals surface area (Å²) in [4.78, 5) is 2.65. The minimum Gasteiger partial charge on any atom is -0.362 e. The van der Waals surface area contributed by atoms with Crippen molar-refractivity contribution in [1.29, 1.82) is 0 Å². The summed E-state index contributed by atoms with van der Waals surface area (Å²) >= 11 is 1.71. The summed E-state index contributed by atoms with van der Waals surface area (Å²) in [7, 11) is 1.83. The molecule has 0 aliphatic rings. The first-order valence-electron chi connectivity index (χ1n) is 4.96. The molecule has 0 aliphatic heterocycles. The van der Waals surface area contributed by atoms with Crippen molar-refractivity contribution in [2.45, 2.75) is 4.90 Å². The molecule has 0 unspecified atom stereocenters. The van der Waals surface area contributed by atoms with Crippen LogP contribution in [0.1, 0.15) is 5.56 Å². The van der Waals surface area contributed by atoms with E-state index in [1.54, 1.807) is 16.4 Å². The SMILES string of the molecule is CSc1ccc(C=[N+](C)n2nnnc2N)cc1. The maximum Gasteiger partial charge on any atom is 0.308 e. The summed E-state index contributed by atoms with van der Waals surface area (Å²) < 4.78 is 1.73. The van der Waals surface area contributed by atoms with Crippen molar-refractivity contribution in [3.8, 4) is 0 Å². The second kappa shape index (κ2) is 4.96. The van der Waals surface area contributed by atoms with E-state index in [9.17, 15) is 0 Å². The van der Waals surface area contributed by atoms with E-state index >= 15 is 0 Å². The minimum absolute atomic E-state index is 0.254. The lowest BCUT2D eigenvalue weighted by atomic mass is 10.2. The Hall–Kier alpha value is -1.89. The Labute approximate surface area is 103 Å². The third-order valence-electron chi connectivity index (χ3n) is 2.23. The highest BCUT2D eigenvalue weighted by atomic mass is 32.2. The van der Waals surface area contributed by atoms with E-state index < -0.39 is 0 Å². The maximum atomic E-state index is 5.60. The molecule has 2 rings (SSSR count). The summed E-state index contributed by atoms with van der Waals surface area (Å²) in [5.41, 5.74) is 6.66. The van der Waals surface area contributed by atoms with Gasteiger partial charge in [0.25, 0.3) is 0 Å². The molecule has 2 N–H and O–H groups in total. The van der Waals surface area contributed by atoms with Crippen molar-refractivity contribution in [2.24, 2.45) is 0 Å². The molecule has 0 amide bonds. The number of thioether (sulfide) groups is 1. The van der Waals surface area contributed by atoms with Gasteiger partial charge in [0.1, 0.15) is 18.5 Å². The lowest BCUT2D eigenvalue weighted by molar-refractivity contribution is -0.562. The van der Waals surface area contributed by atoms with Crippen LogP contribution >= 0.6 is 11.8 Å². The number of hydrogen-bond acceptors (Lipinski definition) is 5. The first kappa shape index (κ1) is 11.6. The number of nitrogens with zero attached hydrogens (tertiary/aromatic N) is 5. The van der Waals surface area contributed by atoms with Crippen molar-refractivity contribution in [2.75, 3.05) is 19.0 Å². The molecule has 0 saturated carbocycles. The van der Waals surface area contributed by atoms with Crippen LogP contribution in [0.3, 0.4) is 0 Å². The number of rotatable bonds is 3. The van der Waals surface area contributed by atoms with Crippen LogP contribution in [0.15, 0.2) is 29.2 Å². The van der Waals surface area contributed by atoms with Crippen LogP contribution in [0.5, 0.6) is 0 Å². The molecule has 7 heteroatoms. The molecule has 1 aromatic carbocycles. The minimum atomic E-state index is 0.254. The average molecular weight is 249 g/mol. The summed E-state index contributed by atoms with van der Waals surface area (Å²) in [5, 5.41) is 10.9. The van der Waals surface area contributed by atoms with Gasteiger partial charge in [-0.2, -0.15) is 4.68 Å². The van der Waals surface area contributed by atoms with Crippen molar-refractivity contribution < 1.29 is 4.68 Å². The topological polar surface area (TPSA) is 72.6 Å². The van der Waals surface area contributed by atoms with Gasteiger partial charge in [0, 0.05) is 10.5 Å². The predicted molar refractivity (Wildman–Crippen MR) is 67.2 cm³/mol. The van der Waals surface area contributed by atoms with Crippen LogP contribution < -0.4 is 5.73 Å². The van der Waals surface area contributed by atoms with Crippen molar-refractivity contribution in [3.63, 3.8) is 0 Å². The van der Waals surface area contributed by atoms with Gasteiger partial charge in [-0.05, 0) is 18.4 Å². The Morgan fingerprint density at radius 3 is 2.59 bits per heavy atom. The molecule has 17 heavy (non-hydrogen) atoms. The molecular formula is C10H13N6S+. The van der Waals surface area contributed by atoms with Gasteiger partial charge in [-0.15, -0.1) is 11.8 Å². The van der Waals surface area contributed by atoms with Gasteiger partial charge in [-0.25, -0.2) is 0 Å². The standard InChI is InChI=1S/C10H13N6S/c1-15(16-10(11)12-13-14-16)7-8-3-5-9(17-2)6-4-8/h3-7H,1-2H3,(H2,11,12,14)/q+1. The Morgan fingerprint density at radius 1 is 1.35 bits per heavy atom. The second-order valence-electron chi connectivity index (χ2n) is 3.40. The zero-order valence-corrected chi connectivity index (χ0v) is 10.4. The highest BCUT2D eigenvalue weighted by molar-refractivity contribution is 7.98. The number of nitrogen functional groups attached to an aromatic ring is 1. The summed E-state index contributed by atoms with van der Waals surface area (Å²) in [6.45, 7) is 0. The second-order valence-corrected chi connectivity index (χ2v) is 4.28. The van der Waals surface area contributed by atoms with Gasteiger partial charge in [-0.1, -0.05) is 17.2 Å². The fourth-order valence-corrected chi connectivity index (χ4v) is 1.78. The molecule has 88 valence electrons. The molecule has 0 fully saturated rings. The van der Waals surface area contributed by atoms with Crippen LogP contribution in [-0.2, 0) is 0 Å². The number of aromatic nitrogens is 4. The van der Waals surface area contributed by atoms with Crippen molar-refractivity contribution in [1.82, 2.24) is 20.3 Å². The Balaban J connectivity index is 2.26. The van der Waals surface area contributed by atoms with Gasteiger partial charge in [0.2, 0.25) is 5.21 Å². The molecule has 1 heterocycles. The summed E-state index contributed by atoms with van der Waals surface area (Å²) in [5.74, 6) is 0.254. The van der Waals surface area contributed by atoms with Crippen LogP contribution in [0.25, 0.3) is 0 Å². The van der Waals surface area contributed by atoms with E-state index in [-0.39, 0.29) is 5.95 Å². The number of benzene rings is 1. The van der Waals surface area contributed by atoms with Gasteiger partial charge in [0.05, 0.1) is 4.79 Å². The van der Waals surface area contributed by atoms with Crippen molar-refractivity contribution in [3.05, 3.63) is 29.8 Å². The third kappa shape index (κ3) is 2.62. The van der Waals surface area contributed by atoms with E-state index in [2.05, 4.69) is 27.7 Å². The normalized spacial score (nSPS) is 11.8. The van der Waals surface area contributed by atoms with E-state index in [1.807, 2.05) is 31.7 Å². The van der Waals surface area contributed by atoms with E-state index in [4.69, 9.17) is 5.73 Å². The lowest BCUT2D eigenvalue weighted by Gasteiger charge is -1.98. The van der Waals surface area contributed by atoms with Gasteiger partial charge < -0.3 is 5.73 Å². The maximum absolute atomic E-state index is 5.60. The number of hydrogen-bond donors (Lipinski definition) is 1. The first-order chi connectivity index (χ1) is 8.20. The molecule has 0 atom stereocenters. The van der Waals surface area contributed by atoms with Gasteiger partial charge in [-0.3, -0.25) is 0 Å². The molecule has 1 aromatic heterocycles. The number of nitrogens with two attached hydrogens (primary N) is 1. The number of anilines is 1. The molecule has 0 radical (unpaired) electrons. The number of tetrazole rings is 1. The Kier molecular flexibility index (Phi) is 3.38. The fraction of sp³-hybridized carbons (Fsp3) is 0.200. The van der Waals surface area contributed by atoms with Crippen molar-refractivity contribution >= 4 is 23.9 Å². The zero-order valence-electron chi connectivity index (χ0n) is 9.61. The van der Waals surface area contributed by atoms with Gasteiger partial charge >= 0.3 is 5.95 Å². The first-order valence-corrected chi connectivity index (χ1v) is 6.19. The van der Waals surface area contributed by atoms with Crippen LogP contribution in [0.4, 0.5) is 5.95 Å². The van der Waals surface area contributed by atoms with Crippen LogP contribution in [-0.4, -0.2) is 44.5 Å². The fourth-order valence-electron chi connectivity index (χ4n) is 1.37. The predicted octanol–water partition coefficient (Wildman–Crippen LogP) is 0.502. The van der Waals surface area contributed by atoms with Crippen LogP contribution in [0, 0.1) is 0 Å². The monoisotopic (exact) mass is 249 g/mol. The molecule has 2 aromatic rings. The zero-order chi connectivity index (χ0) is 12.3. The Morgan fingerprint density at radius 2 is 2.06 bits per heavy atom. The highest BCUT2D eigenvalue weighted by Crippen LogP contribution is 2.13. The van der Waals surface area contributed by atoms with E-state index in [0.29, 0.717) is 0 Å². The molecule has 6 nitrogen and oxygen atoms in total. The molecule has 0 spiro atoms. The van der Waals surface area contributed by atoms with E-state index in [1.165, 1.54) is 9.69 Å². The third-order valence-corrected chi connectivity index (χ3v) is 2.97. The summed E-state index contributed by atoms with van der Waals surface area (Å²) in [6, 6.07) is 8.19. The molecular weight excluding hydrogens is 236 g/mol. The molecule has 0 saturated heterocycles. The quantitative estimate of drug-likeness (QED) is 0.487. The molecule has 0 bridgehead atoms. The Bertz CT molecular complexity index is 530. The van der Waals surface area contributed by atoms with Crippen LogP contribution in [0.2, 0.25) is 0 Å². The summed E-state index contributed by atoms with van der Waals surface area (Å²) in [6.07, 6.45) is 3.95. The average Bonchev–Trinajstić information content (AvgIpc) is 2.76. The van der Waals surface area contributed by atoms with E-state index in [0.717, 1.165) is 5.56 Å². The smallest absolute Gasteiger partial charge is 0.308 e. The largest absolute Gasteiger partial charge is 0.362 e. The van der Waals surface area contributed by atoms with Gasteiger partial charge in [0.15, 0.2) is 0 Å². The molecule has 0 aliphatic carbocycles.